The van der Waals surface area contributed by atoms with E-state index in [0.717, 1.165) is 31.5 Å². The van der Waals surface area contributed by atoms with Crippen molar-refractivity contribution in [3.8, 4) is 0 Å². The number of rotatable bonds is 4. The Morgan fingerprint density at radius 2 is 2.26 bits per heavy atom. The van der Waals surface area contributed by atoms with E-state index in [-0.39, 0.29) is 11.6 Å². The molecule has 1 saturated heterocycles. The number of ether oxygens (including phenoxy) is 1. The fourth-order valence-corrected chi connectivity index (χ4v) is 2.50. The Balaban J connectivity index is 2.04. The number of nitrogens with zero attached hydrogens (tertiary/aromatic N) is 1. The van der Waals surface area contributed by atoms with Crippen molar-refractivity contribution < 1.29 is 19.2 Å². The Morgan fingerprint density at radius 3 is 2.95 bits per heavy atom. The zero-order chi connectivity index (χ0) is 13.8. The summed E-state index contributed by atoms with van der Waals surface area (Å²) in [4.78, 5) is 2.23. The van der Waals surface area contributed by atoms with Crippen molar-refractivity contribution in [2.24, 2.45) is 0 Å². The lowest BCUT2D eigenvalue weighted by Crippen LogP contribution is -2.39. The SMILES string of the molecule is COC1CCCN(Cc2ccc(F)c(B(O)O)c2)C1. The maximum absolute atomic E-state index is 13.4. The number of likely N-dealkylation sites (tertiary alicyclic amines) is 1. The second kappa shape index (κ2) is 6.48. The first-order valence-electron chi connectivity index (χ1n) is 6.49. The fraction of sp³-hybridized carbons (Fsp3) is 0.538. The predicted molar refractivity (Wildman–Crippen MR) is 71.5 cm³/mol. The van der Waals surface area contributed by atoms with Crippen molar-refractivity contribution >= 4 is 12.6 Å². The minimum atomic E-state index is -1.77. The average molecular weight is 267 g/mol. The number of benzene rings is 1. The molecule has 2 rings (SSSR count). The number of hydrogen-bond donors (Lipinski definition) is 2. The molecule has 1 aliphatic heterocycles. The highest BCUT2D eigenvalue weighted by atomic mass is 19.1. The van der Waals surface area contributed by atoms with E-state index in [4.69, 9.17) is 14.8 Å². The maximum Gasteiger partial charge on any atom is 0.491 e. The van der Waals surface area contributed by atoms with Crippen LogP contribution in [-0.2, 0) is 11.3 Å². The molecule has 0 aromatic heterocycles. The van der Waals surface area contributed by atoms with Crippen LogP contribution < -0.4 is 5.46 Å². The lowest BCUT2D eigenvalue weighted by atomic mass is 9.79. The zero-order valence-electron chi connectivity index (χ0n) is 11.1. The van der Waals surface area contributed by atoms with E-state index < -0.39 is 12.9 Å². The molecule has 0 aliphatic carbocycles. The third-order valence-corrected chi connectivity index (χ3v) is 3.54. The van der Waals surface area contributed by atoms with Gasteiger partial charge in [0.1, 0.15) is 5.82 Å². The topological polar surface area (TPSA) is 52.9 Å². The van der Waals surface area contributed by atoms with E-state index >= 15 is 0 Å². The molecule has 0 saturated carbocycles. The molecule has 0 amide bonds. The van der Waals surface area contributed by atoms with Gasteiger partial charge in [0.15, 0.2) is 0 Å². The number of methoxy groups -OCH3 is 1. The Kier molecular flexibility index (Phi) is 4.93. The summed E-state index contributed by atoms with van der Waals surface area (Å²) >= 11 is 0. The smallest absolute Gasteiger partial charge is 0.423 e. The van der Waals surface area contributed by atoms with Gasteiger partial charge in [0, 0.05) is 25.7 Å². The van der Waals surface area contributed by atoms with E-state index in [2.05, 4.69) is 4.90 Å². The summed E-state index contributed by atoms with van der Waals surface area (Å²) in [6.07, 6.45) is 2.39. The summed E-state index contributed by atoms with van der Waals surface area (Å²) in [5.74, 6) is -0.591. The highest BCUT2D eigenvalue weighted by Gasteiger charge is 2.21. The average Bonchev–Trinajstić information content (AvgIpc) is 2.41. The molecular formula is C13H19BFNO3. The summed E-state index contributed by atoms with van der Waals surface area (Å²) < 4.78 is 18.7. The molecule has 1 aromatic rings. The molecule has 1 atom stereocenters. The van der Waals surface area contributed by atoms with Gasteiger partial charge in [0.25, 0.3) is 0 Å². The van der Waals surface area contributed by atoms with Crippen molar-refractivity contribution in [1.82, 2.24) is 4.90 Å². The number of halogens is 1. The van der Waals surface area contributed by atoms with Crippen LogP contribution in [-0.4, -0.2) is 48.4 Å². The third kappa shape index (κ3) is 3.76. The van der Waals surface area contributed by atoms with Gasteiger partial charge in [-0.1, -0.05) is 12.1 Å². The lowest BCUT2D eigenvalue weighted by Gasteiger charge is -2.31. The van der Waals surface area contributed by atoms with Crippen LogP contribution in [0.4, 0.5) is 4.39 Å². The minimum absolute atomic E-state index is 0.0715. The van der Waals surface area contributed by atoms with Crippen molar-refractivity contribution in [2.45, 2.75) is 25.5 Å². The van der Waals surface area contributed by atoms with Gasteiger partial charge in [-0.3, -0.25) is 4.90 Å². The van der Waals surface area contributed by atoms with Crippen molar-refractivity contribution in [3.63, 3.8) is 0 Å². The monoisotopic (exact) mass is 267 g/mol. The Hall–Kier alpha value is -0.945. The summed E-state index contributed by atoms with van der Waals surface area (Å²) in [5.41, 5.74) is 0.805. The molecule has 1 heterocycles. The largest absolute Gasteiger partial charge is 0.491 e. The molecule has 1 aliphatic rings. The molecular weight excluding hydrogens is 248 g/mol. The van der Waals surface area contributed by atoms with E-state index in [1.807, 2.05) is 0 Å². The van der Waals surface area contributed by atoms with Crippen LogP contribution in [0.25, 0.3) is 0 Å². The van der Waals surface area contributed by atoms with E-state index in [1.165, 1.54) is 12.1 Å². The van der Waals surface area contributed by atoms with Crippen LogP contribution in [0.1, 0.15) is 18.4 Å². The molecule has 1 unspecified atom stereocenters. The number of piperidine rings is 1. The predicted octanol–water partition coefficient (Wildman–Crippen LogP) is 0.116. The van der Waals surface area contributed by atoms with Gasteiger partial charge in [-0.05, 0) is 31.0 Å². The second-order valence-corrected chi connectivity index (χ2v) is 4.96. The summed E-state index contributed by atoms with van der Waals surface area (Å²) in [6, 6.07) is 4.47. The quantitative estimate of drug-likeness (QED) is 0.761. The maximum atomic E-state index is 13.4. The molecule has 1 fully saturated rings. The Bertz CT molecular complexity index is 430. The highest BCUT2D eigenvalue weighted by Crippen LogP contribution is 2.15. The lowest BCUT2D eigenvalue weighted by molar-refractivity contribution is 0.0285. The molecule has 1 aromatic carbocycles. The zero-order valence-corrected chi connectivity index (χ0v) is 11.1. The summed E-state index contributed by atoms with van der Waals surface area (Å²) in [5, 5.41) is 18.2. The standard InChI is InChI=1S/C13H19BFNO3/c1-19-11-3-2-6-16(9-11)8-10-4-5-13(15)12(7-10)14(17)18/h4-5,7,11,17-18H,2-3,6,8-9H2,1H3. The van der Waals surface area contributed by atoms with Crippen LogP contribution in [0.3, 0.4) is 0 Å². The second-order valence-electron chi connectivity index (χ2n) is 4.96. The van der Waals surface area contributed by atoms with Crippen LogP contribution in [0.2, 0.25) is 0 Å². The highest BCUT2D eigenvalue weighted by molar-refractivity contribution is 6.58. The fourth-order valence-electron chi connectivity index (χ4n) is 2.50. The molecule has 6 heteroatoms. The molecule has 4 nitrogen and oxygen atoms in total. The van der Waals surface area contributed by atoms with Crippen LogP contribution in [0, 0.1) is 5.82 Å². The summed E-state index contributed by atoms with van der Waals surface area (Å²) in [6.45, 7) is 2.50. The van der Waals surface area contributed by atoms with Crippen LogP contribution in [0.15, 0.2) is 18.2 Å². The Morgan fingerprint density at radius 1 is 1.47 bits per heavy atom. The molecule has 0 radical (unpaired) electrons. The first-order chi connectivity index (χ1) is 9.10. The molecule has 104 valence electrons. The molecule has 0 spiro atoms. The molecule has 0 bridgehead atoms. The van der Waals surface area contributed by atoms with Gasteiger partial charge in [-0.15, -0.1) is 0 Å². The third-order valence-electron chi connectivity index (χ3n) is 3.54. The van der Waals surface area contributed by atoms with Gasteiger partial charge in [-0.25, -0.2) is 4.39 Å². The minimum Gasteiger partial charge on any atom is -0.423 e. The van der Waals surface area contributed by atoms with Crippen LogP contribution in [0.5, 0.6) is 0 Å². The van der Waals surface area contributed by atoms with Crippen molar-refractivity contribution in [2.75, 3.05) is 20.2 Å². The molecule has 2 N–H and O–H groups in total. The van der Waals surface area contributed by atoms with Crippen molar-refractivity contribution in [3.05, 3.63) is 29.6 Å². The van der Waals surface area contributed by atoms with Crippen molar-refractivity contribution in [1.29, 1.82) is 0 Å². The first-order valence-corrected chi connectivity index (χ1v) is 6.49. The van der Waals surface area contributed by atoms with E-state index in [0.29, 0.717) is 6.54 Å². The normalized spacial score (nSPS) is 20.5. The van der Waals surface area contributed by atoms with Gasteiger partial charge < -0.3 is 14.8 Å². The Labute approximate surface area is 113 Å². The van der Waals surface area contributed by atoms with Gasteiger partial charge in [0.2, 0.25) is 0 Å². The van der Waals surface area contributed by atoms with Gasteiger partial charge in [-0.2, -0.15) is 0 Å². The van der Waals surface area contributed by atoms with E-state index in [1.54, 1.807) is 13.2 Å². The number of hydrogen-bond acceptors (Lipinski definition) is 4. The van der Waals surface area contributed by atoms with Gasteiger partial charge >= 0.3 is 7.12 Å². The van der Waals surface area contributed by atoms with Gasteiger partial charge in [0.05, 0.1) is 6.10 Å². The summed E-state index contributed by atoms with van der Waals surface area (Å²) in [7, 11) is -0.0558. The molecule has 19 heavy (non-hydrogen) atoms. The first kappa shape index (κ1) is 14.5. The van der Waals surface area contributed by atoms with E-state index in [9.17, 15) is 4.39 Å². The van der Waals surface area contributed by atoms with Crippen LogP contribution >= 0.6 is 0 Å².